The number of hydrogen-bond donors (Lipinski definition) is 0. The maximum atomic E-state index is 12.9. The molecule has 0 radical (unpaired) electrons. The summed E-state index contributed by atoms with van der Waals surface area (Å²) >= 11 is 2.77. The Morgan fingerprint density at radius 3 is 2.69 bits per heavy atom. The van der Waals surface area contributed by atoms with Crippen molar-refractivity contribution in [3.8, 4) is 0 Å². The predicted octanol–water partition coefficient (Wildman–Crippen LogP) is 3.22. The van der Waals surface area contributed by atoms with Crippen LogP contribution in [0.4, 0.5) is 0 Å². The fourth-order valence-electron chi connectivity index (χ4n) is 3.12. The SMILES string of the molecule is O=C(CSc1nc2ccsc2c(=O)n1Cc1ccccc1)N1CCCC1. The van der Waals surface area contributed by atoms with Crippen LogP contribution in [0.25, 0.3) is 10.2 Å². The lowest BCUT2D eigenvalue weighted by atomic mass is 10.2. The van der Waals surface area contributed by atoms with E-state index in [-0.39, 0.29) is 11.5 Å². The first kappa shape index (κ1) is 17.3. The number of nitrogens with zero attached hydrogens (tertiary/aromatic N) is 3. The van der Waals surface area contributed by atoms with Crippen LogP contribution in [0.2, 0.25) is 0 Å². The van der Waals surface area contributed by atoms with Crippen molar-refractivity contribution in [3.63, 3.8) is 0 Å². The lowest BCUT2D eigenvalue weighted by Gasteiger charge is -2.16. The molecule has 0 aliphatic carbocycles. The Morgan fingerprint density at radius 2 is 1.92 bits per heavy atom. The van der Waals surface area contributed by atoms with Gasteiger partial charge >= 0.3 is 0 Å². The minimum Gasteiger partial charge on any atom is -0.342 e. The van der Waals surface area contributed by atoms with E-state index in [1.54, 1.807) is 4.57 Å². The average molecular weight is 386 g/mol. The zero-order valence-corrected chi connectivity index (χ0v) is 15.9. The van der Waals surface area contributed by atoms with Gasteiger partial charge in [0.05, 0.1) is 17.8 Å². The summed E-state index contributed by atoms with van der Waals surface area (Å²) in [5, 5.41) is 2.49. The molecule has 1 aromatic carbocycles. The first-order chi connectivity index (χ1) is 12.7. The van der Waals surface area contributed by atoms with Crippen molar-refractivity contribution >= 4 is 39.2 Å². The van der Waals surface area contributed by atoms with E-state index in [0.717, 1.165) is 31.5 Å². The number of thiophene rings is 1. The van der Waals surface area contributed by atoms with E-state index in [1.807, 2.05) is 46.7 Å². The van der Waals surface area contributed by atoms with Gasteiger partial charge in [0.25, 0.3) is 5.56 Å². The van der Waals surface area contributed by atoms with Gasteiger partial charge in [-0.2, -0.15) is 0 Å². The van der Waals surface area contributed by atoms with E-state index >= 15 is 0 Å². The molecule has 0 atom stereocenters. The van der Waals surface area contributed by atoms with Gasteiger partial charge in [-0.15, -0.1) is 11.3 Å². The van der Waals surface area contributed by atoms with Crippen molar-refractivity contribution in [1.29, 1.82) is 0 Å². The molecule has 1 fully saturated rings. The molecular weight excluding hydrogens is 366 g/mol. The minimum absolute atomic E-state index is 0.0371. The van der Waals surface area contributed by atoms with Crippen molar-refractivity contribution in [2.24, 2.45) is 0 Å². The van der Waals surface area contributed by atoms with Crippen molar-refractivity contribution in [2.75, 3.05) is 18.8 Å². The van der Waals surface area contributed by atoms with Gasteiger partial charge in [0.1, 0.15) is 4.70 Å². The normalized spacial score (nSPS) is 14.2. The second kappa shape index (κ2) is 7.63. The smallest absolute Gasteiger partial charge is 0.272 e. The number of hydrogen-bond acceptors (Lipinski definition) is 5. The highest BCUT2D eigenvalue weighted by molar-refractivity contribution is 7.99. The average Bonchev–Trinajstić information content (AvgIpc) is 3.35. The van der Waals surface area contributed by atoms with Crippen molar-refractivity contribution in [1.82, 2.24) is 14.5 Å². The molecule has 0 saturated carbocycles. The van der Waals surface area contributed by atoms with Crippen molar-refractivity contribution in [3.05, 3.63) is 57.7 Å². The lowest BCUT2D eigenvalue weighted by molar-refractivity contribution is -0.127. The molecule has 134 valence electrons. The van der Waals surface area contributed by atoms with Crippen LogP contribution in [0.5, 0.6) is 0 Å². The Bertz CT molecular complexity index is 975. The predicted molar refractivity (Wildman–Crippen MR) is 106 cm³/mol. The third-order valence-electron chi connectivity index (χ3n) is 4.50. The first-order valence-electron chi connectivity index (χ1n) is 8.65. The van der Waals surface area contributed by atoms with Crippen LogP contribution < -0.4 is 5.56 Å². The maximum absolute atomic E-state index is 12.9. The van der Waals surface area contributed by atoms with E-state index in [1.165, 1.54) is 23.1 Å². The summed E-state index contributed by atoms with van der Waals surface area (Å²) in [5.41, 5.74) is 1.71. The van der Waals surface area contributed by atoms with Gasteiger partial charge in [-0.25, -0.2) is 4.98 Å². The molecule has 1 aliphatic heterocycles. The summed E-state index contributed by atoms with van der Waals surface area (Å²) in [5.74, 6) is 0.440. The molecule has 0 bridgehead atoms. The number of carbonyl (C=O) groups excluding carboxylic acids is 1. The third kappa shape index (κ3) is 3.54. The van der Waals surface area contributed by atoms with E-state index in [0.29, 0.717) is 27.7 Å². The molecule has 1 amide bonds. The second-order valence-corrected chi connectivity index (χ2v) is 8.14. The molecule has 26 heavy (non-hydrogen) atoms. The van der Waals surface area contributed by atoms with Crippen LogP contribution in [-0.4, -0.2) is 39.2 Å². The van der Waals surface area contributed by atoms with Crippen LogP contribution in [0.1, 0.15) is 18.4 Å². The van der Waals surface area contributed by atoms with E-state index in [4.69, 9.17) is 0 Å². The number of likely N-dealkylation sites (tertiary alicyclic amines) is 1. The van der Waals surface area contributed by atoms with Gasteiger partial charge in [0.2, 0.25) is 5.91 Å². The summed E-state index contributed by atoms with van der Waals surface area (Å²) < 4.78 is 2.35. The molecule has 1 saturated heterocycles. The van der Waals surface area contributed by atoms with Gasteiger partial charge < -0.3 is 4.90 Å². The van der Waals surface area contributed by atoms with Crippen LogP contribution in [-0.2, 0) is 11.3 Å². The number of benzene rings is 1. The van der Waals surface area contributed by atoms with Crippen molar-refractivity contribution in [2.45, 2.75) is 24.5 Å². The summed E-state index contributed by atoms with van der Waals surface area (Å²) in [4.78, 5) is 31.9. The molecule has 4 rings (SSSR count). The second-order valence-electron chi connectivity index (χ2n) is 6.28. The number of thioether (sulfide) groups is 1. The number of aromatic nitrogens is 2. The molecule has 0 unspecified atom stereocenters. The summed E-state index contributed by atoms with van der Waals surface area (Å²) in [6.45, 7) is 2.14. The topological polar surface area (TPSA) is 55.2 Å². The molecule has 1 aliphatic rings. The van der Waals surface area contributed by atoms with Crippen LogP contribution >= 0.6 is 23.1 Å². The Kier molecular flexibility index (Phi) is 5.08. The highest BCUT2D eigenvalue weighted by Gasteiger charge is 2.20. The van der Waals surface area contributed by atoms with Crippen LogP contribution in [0, 0.1) is 0 Å². The minimum atomic E-state index is -0.0371. The molecular formula is C19H19N3O2S2. The van der Waals surface area contributed by atoms with E-state index in [2.05, 4.69) is 4.98 Å². The molecule has 0 N–H and O–H groups in total. The summed E-state index contributed by atoms with van der Waals surface area (Å²) in [6.07, 6.45) is 2.16. The van der Waals surface area contributed by atoms with Gasteiger partial charge in [-0.3, -0.25) is 14.2 Å². The number of fused-ring (bicyclic) bond motifs is 1. The molecule has 3 aromatic rings. The van der Waals surface area contributed by atoms with Crippen LogP contribution in [0.3, 0.4) is 0 Å². The molecule has 7 heteroatoms. The highest BCUT2D eigenvalue weighted by Crippen LogP contribution is 2.22. The van der Waals surface area contributed by atoms with E-state index in [9.17, 15) is 9.59 Å². The van der Waals surface area contributed by atoms with E-state index < -0.39 is 0 Å². The fourth-order valence-corrected chi connectivity index (χ4v) is 4.80. The Labute approximate surface area is 159 Å². The molecule has 2 aromatic heterocycles. The molecule has 5 nitrogen and oxygen atoms in total. The van der Waals surface area contributed by atoms with Gasteiger partial charge in [-0.05, 0) is 29.9 Å². The summed E-state index contributed by atoms with van der Waals surface area (Å²) in [6, 6.07) is 11.7. The largest absolute Gasteiger partial charge is 0.342 e. The summed E-state index contributed by atoms with van der Waals surface area (Å²) in [7, 11) is 0. The monoisotopic (exact) mass is 385 g/mol. The van der Waals surface area contributed by atoms with Gasteiger partial charge in [0, 0.05) is 13.1 Å². The Morgan fingerprint density at radius 1 is 1.15 bits per heavy atom. The quantitative estimate of drug-likeness (QED) is 0.500. The first-order valence-corrected chi connectivity index (χ1v) is 10.5. The van der Waals surface area contributed by atoms with Gasteiger partial charge in [0.15, 0.2) is 5.16 Å². The number of rotatable bonds is 5. The Hall–Kier alpha value is -2.12. The third-order valence-corrected chi connectivity index (χ3v) is 6.35. The zero-order valence-electron chi connectivity index (χ0n) is 14.3. The van der Waals surface area contributed by atoms with Crippen molar-refractivity contribution < 1.29 is 4.79 Å². The molecule has 0 spiro atoms. The number of amides is 1. The number of carbonyl (C=O) groups is 1. The van der Waals surface area contributed by atoms with Crippen LogP contribution in [0.15, 0.2) is 51.7 Å². The fraction of sp³-hybridized carbons (Fsp3) is 0.316. The Balaban J connectivity index is 1.64. The van der Waals surface area contributed by atoms with Gasteiger partial charge in [-0.1, -0.05) is 42.1 Å². The zero-order chi connectivity index (χ0) is 17.9. The molecule has 3 heterocycles. The highest BCUT2D eigenvalue weighted by atomic mass is 32.2. The lowest BCUT2D eigenvalue weighted by Crippen LogP contribution is -2.30. The maximum Gasteiger partial charge on any atom is 0.272 e. The standard InChI is InChI=1S/C19H19N3O2S2/c23-16(21-9-4-5-10-21)13-26-19-20-15-8-11-25-17(15)18(24)22(19)12-14-6-2-1-3-7-14/h1-3,6-8,11H,4-5,9-10,12-13H2.